The number of benzene rings is 3. The van der Waals surface area contributed by atoms with Crippen molar-refractivity contribution < 1.29 is 18.7 Å². The highest BCUT2D eigenvalue weighted by molar-refractivity contribution is 9.11. The molecule has 1 amide bonds. The van der Waals surface area contributed by atoms with Gasteiger partial charge in [0.05, 0.1) is 33.9 Å². The van der Waals surface area contributed by atoms with Gasteiger partial charge in [-0.25, -0.2) is 5.43 Å². The first kappa shape index (κ1) is 25.0. The number of furan rings is 1. The van der Waals surface area contributed by atoms with Crippen molar-refractivity contribution in [3.05, 3.63) is 90.5 Å². The Morgan fingerprint density at radius 3 is 2.71 bits per heavy atom. The number of fused-ring (bicyclic) bond motifs is 1. The van der Waals surface area contributed by atoms with Gasteiger partial charge in [-0.15, -0.1) is 0 Å². The summed E-state index contributed by atoms with van der Waals surface area (Å²) in [5.74, 6) is 0.605. The van der Waals surface area contributed by atoms with E-state index in [9.17, 15) is 10.1 Å². The lowest BCUT2D eigenvalue weighted by atomic mass is 10.1. The summed E-state index contributed by atoms with van der Waals surface area (Å²) < 4.78 is 19.3. The van der Waals surface area contributed by atoms with E-state index < -0.39 is 5.91 Å². The first-order valence-electron chi connectivity index (χ1n) is 10.1. The number of nitrogens with one attached hydrogen (secondary N) is 1. The Morgan fingerprint density at radius 2 is 1.94 bits per heavy atom. The molecule has 4 rings (SSSR count). The Balaban J connectivity index is 1.47. The van der Waals surface area contributed by atoms with E-state index in [0.717, 1.165) is 19.9 Å². The molecule has 0 aliphatic carbocycles. The standard InChI is InChI=1S/C25H16Br3N3O4/c1-33-21-7-14(6-19(27)24(21)34-13-16-5-3-2-4-15(16)11-29)12-30-31-25(32)22-9-17-8-18(26)10-20(28)23(17)35-22/h2-10,12H,13H2,1H3,(H,31,32)/b30-12-. The molecule has 0 spiro atoms. The molecule has 10 heteroatoms. The van der Waals surface area contributed by atoms with Crippen LogP contribution in [0, 0.1) is 11.3 Å². The maximum atomic E-state index is 12.5. The molecule has 1 aromatic heterocycles. The summed E-state index contributed by atoms with van der Waals surface area (Å²) in [6.07, 6.45) is 1.48. The maximum Gasteiger partial charge on any atom is 0.307 e. The predicted molar refractivity (Wildman–Crippen MR) is 143 cm³/mol. The van der Waals surface area contributed by atoms with Gasteiger partial charge in [-0.05, 0) is 73.8 Å². The van der Waals surface area contributed by atoms with Gasteiger partial charge in [0.15, 0.2) is 17.3 Å². The zero-order chi connectivity index (χ0) is 24.9. The summed E-state index contributed by atoms with van der Waals surface area (Å²) in [6.45, 7) is 0.201. The SMILES string of the molecule is COc1cc(/C=N\NC(=O)c2cc3cc(Br)cc(Br)c3o2)cc(Br)c1OCc1ccccc1C#N. The van der Waals surface area contributed by atoms with Crippen LogP contribution >= 0.6 is 47.8 Å². The van der Waals surface area contributed by atoms with Crippen molar-refractivity contribution in [2.45, 2.75) is 6.61 Å². The molecule has 0 radical (unpaired) electrons. The molecule has 3 aromatic carbocycles. The fourth-order valence-corrected chi connectivity index (χ4v) is 5.18. The smallest absolute Gasteiger partial charge is 0.307 e. The maximum absolute atomic E-state index is 12.5. The van der Waals surface area contributed by atoms with Crippen LogP contribution in [0.2, 0.25) is 0 Å². The quantitative estimate of drug-likeness (QED) is 0.171. The average Bonchev–Trinajstić information content (AvgIpc) is 3.28. The van der Waals surface area contributed by atoms with Gasteiger partial charge in [0.2, 0.25) is 0 Å². The number of rotatable bonds is 7. The fraction of sp³-hybridized carbons (Fsp3) is 0.0800. The highest BCUT2D eigenvalue weighted by Crippen LogP contribution is 2.37. The van der Waals surface area contributed by atoms with E-state index in [1.165, 1.54) is 13.3 Å². The Bertz CT molecular complexity index is 1490. The van der Waals surface area contributed by atoms with Crippen LogP contribution in [-0.2, 0) is 6.61 Å². The van der Waals surface area contributed by atoms with Crippen LogP contribution in [-0.4, -0.2) is 19.2 Å². The molecule has 0 fully saturated rings. The Morgan fingerprint density at radius 1 is 1.14 bits per heavy atom. The van der Waals surface area contributed by atoms with Gasteiger partial charge in [0.1, 0.15) is 12.2 Å². The number of amides is 1. The number of carbonyl (C=O) groups excluding carboxylic acids is 1. The van der Waals surface area contributed by atoms with Gasteiger partial charge < -0.3 is 13.9 Å². The Hall–Kier alpha value is -3.13. The minimum Gasteiger partial charge on any atom is -0.493 e. The number of nitriles is 1. The van der Waals surface area contributed by atoms with Crippen molar-refractivity contribution >= 4 is 70.9 Å². The van der Waals surface area contributed by atoms with Crippen molar-refractivity contribution in [2.75, 3.05) is 7.11 Å². The number of nitrogens with zero attached hydrogens (tertiary/aromatic N) is 2. The number of hydrogen-bond acceptors (Lipinski definition) is 6. The molecule has 0 unspecified atom stereocenters. The average molecular weight is 662 g/mol. The molecule has 7 nitrogen and oxygen atoms in total. The van der Waals surface area contributed by atoms with Gasteiger partial charge in [-0.1, -0.05) is 34.1 Å². The number of carbonyl (C=O) groups is 1. The van der Waals surface area contributed by atoms with E-state index in [1.807, 2.05) is 24.3 Å². The van der Waals surface area contributed by atoms with Crippen molar-refractivity contribution in [1.29, 1.82) is 5.26 Å². The third kappa shape index (κ3) is 5.75. The number of hydrogen-bond donors (Lipinski definition) is 1. The molecule has 0 saturated heterocycles. The second-order valence-corrected chi connectivity index (χ2v) is 9.83. The van der Waals surface area contributed by atoms with E-state index in [1.54, 1.807) is 30.3 Å². The minimum absolute atomic E-state index is 0.135. The summed E-state index contributed by atoms with van der Waals surface area (Å²) in [6, 6.07) is 18.2. The van der Waals surface area contributed by atoms with Crippen LogP contribution in [0.15, 0.2) is 77.5 Å². The molecule has 0 atom stereocenters. The van der Waals surface area contributed by atoms with Gasteiger partial charge in [0.25, 0.3) is 0 Å². The summed E-state index contributed by atoms with van der Waals surface area (Å²) in [5.41, 5.74) is 5.01. The van der Waals surface area contributed by atoms with Crippen molar-refractivity contribution in [3.63, 3.8) is 0 Å². The molecular weight excluding hydrogens is 646 g/mol. The van der Waals surface area contributed by atoms with E-state index in [2.05, 4.69) is 64.4 Å². The highest BCUT2D eigenvalue weighted by atomic mass is 79.9. The van der Waals surface area contributed by atoms with Crippen LogP contribution < -0.4 is 14.9 Å². The lowest BCUT2D eigenvalue weighted by Gasteiger charge is -2.14. The molecular formula is C25H16Br3N3O4. The van der Waals surface area contributed by atoms with Crippen LogP contribution in [0.3, 0.4) is 0 Å². The molecule has 0 aliphatic rings. The zero-order valence-corrected chi connectivity index (χ0v) is 22.9. The summed E-state index contributed by atoms with van der Waals surface area (Å²) in [4.78, 5) is 12.5. The molecule has 0 bridgehead atoms. The number of halogens is 3. The van der Waals surface area contributed by atoms with E-state index in [-0.39, 0.29) is 12.4 Å². The van der Waals surface area contributed by atoms with E-state index >= 15 is 0 Å². The number of methoxy groups -OCH3 is 1. The Labute approximate surface area is 226 Å². The van der Waals surface area contributed by atoms with E-state index in [4.69, 9.17) is 13.9 Å². The van der Waals surface area contributed by atoms with Crippen LogP contribution in [0.25, 0.3) is 11.0 Å². The highest BCUT2D eigenvalue weighted by Gasteiger charge is 2.15. The fourth-order valence-electron chi connectivity index (χ4n) is 3.27. The molecule has 1 heterocycles. The largest absolute Gasteiger partial charge is 0.493 e. The molecule has 0 aliphatic heterocycles. The normalized spacial score (nSPS) is 10.9. The van der Waals surface area contributed by atoms with Gasteiger partial charge in [-0.2, -0.15) is 10.4 Å². The lowest BCUT2D eigenvalue weighted by molar-refractivity contribution is 0.0929. The molecule has 0 saturated carbocycles. The number of hydrazone groups is 1. The Kier molecular flexibility index (Phi) is 7.90. The van der Waals surface area contributed by atoms with Gasteiger partial charge in [-0.3, -0.25) is 4.79 Å². The van der Waals surface area contributed by atoms with Gasteiger partial charge >= 0.3 is 5.91 Å². The van der Waals surface area contributed by atoms with Crippen molar-refractivity contribution in [1.82, 2.24) is 5.43 Å². The predicted octanol–water partition coefficient (Wildman–Crippen LogP) is 6.94. The monoisotopic (exact) mass is 659 g/mol. The topological polar surface area (TPSA) is 96.8 Å². The first-order chi connectivity index (χ1) is 16.9. The molecule has 4 aromatic rings. The van der Waals surface area contributed by atoms with Gasteiger partial charge in [0, 0.05) is 15.4 Å². The van der Waals surface area contributed by atoms with Crippen LogP contribution in [0.5, 0.6) is 11.5 Å². The second-order valence-electron chi connectivity index (χ2n) is 7.21. The van der Waals surface area contributed by atoms with E-state index in [0.29, 0.717) is 32.7 Å². The zero-order valence-electron chi connectivity index (χ0n) is 18.1. The number of ether oxygens (including phenoxy) is 2. The summed E-state index contributed by atoms with van der Waals surface area (Å²) in [5, 5.41) is 14.1. The van der Waals surface area contributed by atoms with Crippen molar-refractivity contribution in [2.24, 2.45) is 5.10 Å². The summed E-state index contributed by atoms with van der Waals surface area (Å²) >= 11 is 10.3. The third-order valence-electron chi connectivity index (χ3n) is 4.90. The lowest BCUT2D eigenvalue weighted by Crippen LogP contribution is -2.16. The molecule has 176 valence electrons. The van der Waals surface area contributed by atoms with Crippen molar-refractivity contribution in [3.8, 4) is 17.6 Å². The minimum atomic E-state index is -0.484. The molecule has 35 heavy (non-hydrogen) atoms. The molecule has 1 N–H and O–H groups in total. The van der Waals surface area contributed by atoms with Crippen LogP contribution in [0.1, 0.15) is 27.2 Å². The third-order valence-corrected chi connectivity index (χ3v) is 6.54. The second kappa shape index (κ2) is 11.1. The van der Waals surface area contributed by atoms with Crippen LogP contribution in [0.4, 0.5) is 0 Å². The summed E-state index contributed by atoms with van der Waals surface area (Å²) in [7, 11) is 1.53. The first-order valence-corrected chi connectivity index (χ1v) is 12.5.